The Morgan fingerprint density at radius 3 is 2.33 bits per heavy atom. The first-order valence-corrected chi connectivity index (χ1v) is 6.82. The number of alkyl carbamates (subject to hydrolysis) is 1. The largest absolute Gasteiger partial charge is 0.444 e. The lowest BCUT2D eigenvalue weighted by molar-refractivity contribution is -0.124. The maximum absolute atomic E-state index is 12.0. The highest BCUT2D eigenvalue weighted by Gasteiger charge is 2.24. The highest BCUT2D eigenvalue weighted by atomic mass is 16.6. The monoisotopic (exact) mass is 293 g/mol. The van der Waals surface area contributed by atoms with E-state index < -0.39 is 17.7 Å². The predicted molar refractivity (Wildman–Crippen MR) is 80.5 cm³/mol. The van der Waals surface area contributed by atoms with Crippen LogP contribution in [-0.4, -0.2) is 30.7 Å². The number of rotatable bonds is 5. The van der Waals surface area contributed by atoms with Crippen molar-refractivity contribution in [2.24, 2.45) is 0 Å². The number of benzene rings is 1. The molecule has 6 nitrogen and oxygen atoms in total. The summed E-state index contributed by atoms with van der Waals surface area (Å²) in [5.74, 6) is -0.327. The van der Waals surface area contributed by atoms with E-state index in [0.717, 1.165) is 5.56 Å². The van der Waals surface area contributed by atoms with Crippen LogP contribution in [0.4, 0.5) is 4.79 Å². The van der Waals surface area contributed by atoms with Gasteiger partial charge in [-0.1, -0.05) is 30.3 Å². The molecule has 0 fully saturated rings. The van der Waals surface area contributed by atoms with Gasteiger partial charge in [0.25, 0.3) is 5.91 Å². The SMILES string of the molecule is CNNC(=O)C(Cc1ccccc1)NC(=O)OC(C)(C)C. The maximum atomic E-state index is 12.0. The quantitative estimate of drug-likeness (QED) is 0.716. The minimum absolute atomic E-state index is 0.327. The first-order chi connectivity index (χ1) is 9.81. The molecular formula is C15H23N3O3. The molecule has 0 radical (unpaired) electrons. The van der Waals surface area contributed by atoms with Crippen molar-refractivity contribution in [2.75, 3.05) is 7.05 Å². The van der Waals surface area contributed by atoms with Crippen molar-refractivity contribution >= 4 is 12.0 Å². The lowest BCUT2D eigenvalue weighted by atomic mass is 10.1. The van der Waals surface area contributed by atoms with E-state index in [2.05, 4.69) is 16.2 Å². The summed E-state index contributed by atoms with van der Waals surface area (Å²) in [5, 5.41) is 2.59. The van der Waals surface area contributed by atoms with Crippen molar-refractivity contribution in [3.05, 3.63) is 35.9 Å². The van der Waals surface area contributed by atoms with Gasteiger partial charge < -0.3 is 10.1 Å². The van der Waals surface area contributed by atoms with E-state index in [1.165, 1.54) is 0 Å². The molecule has 116 valence electrons. The summed E-state index contributed by atoms with van der Waals surface area (Å²) in [4.78, 5) is 23.8. The lowest BCUT2D eigenvalue weighted by Crippen LogP contribution is -2.51. The van der Waals surface area contributed by atoms with E-state index >= 15 is 0 Å². The normalized spacial score (nSPS) is 12.4. The molecule has 1 aromatic carbocycles. The first kappa shape index (κ1) is 17.0. The molecular weight excluding hydrogens is 270 g/mol. The van der Waals surface area contributed by atoms with Crippen molar-refractivity contribution in [1.29, 1.82) is 0 Å². The standard InChI is InChI=1S/C15H23N3O3/c1-15(2,3)21-14(20)17-12(13(19)18-16-4)10-11-8-6-5-7-9-11/h5-9,12,16H,10H2,1-4H3,(H,17,20)(H,18,19). The van der Waals surface area contributed by atoms with Crippen LogP contribution in [0, 0.1) is 0 Å². The zero-order valence-corrected chi connectivity index (χ0v) is 12.9. The molecule has 6 heteroatoms. The summed E-state index contributed by atoms with van der Waals surface area (Å²) < 4.78 is 5.18. The molecule has 1 aromatic rings. The highest BCUT2D eigenvalue weighted by molar-refractivity contribution is 5.85. The van der Waals surface area contributed by atoms with Gasteiger partial charge >= 0.3 is 6.09 Å². The van der Waals surface area contributed by atoms with Crippen LogP contribution >= 0.6 is 0 Å². The van der Waals surface area contributed by atoms with E-state index in [4.69, 9.17) is 4.74 Å². The van der Waals surface area contributed by atoms with Crippen LogP contribution in [0.2, 0.25) is 0 Å². The van der Waals surface area contributed by atoms with E-state index in [0.29, 0.717) is 6.42 Å². The average molecular weight is 293 g/mol. The fraction of sp³-hybridized carbons (Fsp3) is 0.467. The smallest absolute Gasteiger partial charge is 0.408 e. The number of amides is 2. The Labute approximate surface area is 125 Å². The van der Waals surface area contributed by atoms with Gasteiger partial charge in [-0.15, -0.1) is 0 Å². The number of ether oxygens (including phenoxy) is 1. The molecule has 0 aliphatic heterocycles. The molecule has 0 aliphatic rings. The second-order valence-corrected chi connectivity index (χ2v) is 5.63. The molecule has 0 spiro atoms. The van der Waals surface area contributed by atoms with Gasteiger partial charge in [-0.25, -0.2) is 10.2 Å². The number of hydrazine groups is 1. The number of carbonyl (C=O) groups excluding carboxylic acids is 2. The summed E-state index contributed by atoms with van der Waals surface area (Å²) in [6, 6.07) is 8.75. The minimum atomic E-state index is -0.713. The van der Waals surface area contributed by atoms with E-state index in [9.17, 15) is 9.59 Å². The predicted octanol–water partition coefficient (Wildman–Crippen LogP) is 1.37. The molecule has 0 aliphatic carbocycles. The van der Waals surface area contributed by atoms with Crippen molar-refractivity contribution in [2.45, 2.75) is 38.8 Å². The molecule has 3 N–H and O–H groups in total. The summed E-state index contributed by atoms with van der Waals surface area (Å²) in [5.41, 5.74) is 5.38. The maximum Gasteiger partial charge on any atom is 0.408 e. The Bertz CT molecular complexity index is 469. The zero-order chi connectivity index (χ0) is 15.9. The Balaban J connectivity index is 2.73. The molecule has 0 saturated carbocycles. The van der Waals surface area contributed by atoms with Gasteiger partial charge in [0.15, 0.2) is 0 Å². The molecule has 0 aromatic heterocycles. The van der Waals surface area contributed by atoms with Crippen LogP contribution in [0.15, 0.2) is 30.3 Å². The number of hydrogen-bond donors (Lipinski definition) is 3. The second kappa shape index (κ2) is 7.64. The van der Waals surface area contributed by atoms with Gasteiger partial charge in [-0.2, -0.15) is 0 Å². The molecule has 0 heterocycles. The summed E-state index contributed by atoms with van der Waals surface area (Å²) >= 11 is 0. The third kappa shape index (κ3) is 6.76. The zero-order valence-electron chi connectivity index (χ0n) is 12.9. The van der Waals surface area contributed by atoms with E-state index in [1.54, 1.807) is 27.8 Å². The molecule has 1 unspecified atom stereocenters. The van der Waals surface area contributed by atoms with Gasteiger partial charge in [0.05, 0.1) is 0 Å². The lowest BCUT2D eigenvalue weighted by Gasteiger charge is -2.23. The third-order valence-electron chi connectivity index (χ3n) is 2.54. The van der Waals surface area contributed by atoms with Crippen LogP contribution in [0.25, 0.3) is 0 Å². The fourth-order valence-electron chi connectivity index (χ4n) is 1.72. The van der Waals surface area contributed by atoms with Gasteiger partial charge in [0, 0.05) is 13.5 Å². The number of hydrogen-bond acceptors (Lipinski definition) is 4. The molecule has 2 amide bonds. The average Bonchev–Trinajstić information content (AvgIpc) is 2.37. The molecule has 0 bridgehead atoms. The van der Waals surface area contributed by atoms with Gasteiger partial charge in [0.1, 0.15) is 11.6 Å². The Morgan fingerprint density at radius 1 is 1.19 bits per heavy atom. The molecule has 1 rings (SSSR count). The number of carbonyl (C=O) groups is 2. The Morgan fingerprint density at radius 2 is 1.81 bits per heavy atom. The third-order valence-corrected chi connectivity index (χ3v) is 2.54. The van der Waals surface area contributed by atoms with Crippen LogP contribution in [-0.2, 0) is 16.0 Å². The minimum Gasteiger partial charge on any atom is -0.444 e. The summed E-state index contributed by atoms with van der Waals surface area (Å²) in [6.45, 7) is 5.31. The Hall–Kier alpha value is -2.08. The fourth-order valence-corrected chi connectivity index (χ4v) is 1.72. The number of nitrogens with one attached hydrogen (secondary N) is 3. The van der Waals surface area contributed by atoms with Gasteiger partial charge in [-0.05, 0) is 26.3 Å². The molecule has 0 saturated heterocycles. The summed E-state index contributed by atoms with van der Waals surface area (Å²) in [7, 11) is 1.59. The molecule has 1 atom stereocenters. The van der Waals surface area contributed by atoms with Crippen molar-refractivity contribution in [3.8, 4) is 0 Å². The van der Waals surface area contributed by atoms with Crippen molar-refractivity contribution < 1.29 is 14.3 Å². The van der Waals surface area contributed by atoms with Crippen LogP contribution in [0.1, 0.15) is 26.3 Å². The topological polar surface area (TPSA) is 79.5 Å². The second-order valence-electron chi connectivity index (χ2n) is 5.63. The Kier molecular flexibility index (Phi) is 6.17. The van der Waals surface area contributed by atoms with Crippen LogP contribution in [0.3, 0.4) is 0 Å². The van der Waals surface area contributed by atoms with Crippen LogP contribution in [0.5, 0.6) is 0 Å². The summed E-state index contributed by atoms with van der Waals surface area (Å²) in [6.07, 6.45) is -0.233. The first-order valence-electron chi connectivity index (χ1n) is 6.82. The van der Waals surface area contributed by atoms with Gasteiger partial charge in [0.2, 0.25) is 0 Å². The van der Waals surface area contributed by atoms with Gasteiger partial charge in [-0.3, -0.25) is 10.2 Å². The van der Waals surface area contributed by atoms with E-state index in [1.807, 2.05) is 30.3 Å². The molecule has 21 heavy (non-hydrogen) atoms. The van der Waals surface area contributed by atoms with Crippen molar-refractivity contribution in [3.63, 3.8) is 0 Å². The highest BCUT2D eigenvalue weighted by Crippen LogP contribution is 2.08. The van der Waals surface area contributed by atoms with Crippen LogP contribution < -0.4 is 16.2 Å². The van der Waals surface area contributed by atoms with E-state index in [-0.39, 0.29) is 5.91 Å². The van der Waals surface area contributed by atoms with Crippen molar-refractivity contribution in [1.82, 2.24) is 16.2 Å².